The van der Waals surface area contributed by atoms with Crippen LogP contribution in [0.4, 0.5) is 0 Å². The molecule has 3 heterocycles. The van der Waals surface area contributed by atoms with Crippen molar-refractivity contribution in [2.45, 2.75) is 51.4 Å². The zero-order valence-electron chi connectivity index (χ0n) is 18.3. The summed E-state index contributed by atoms with van der Waals surface area (Å²) in [6, 6.07) is 8.06. The van der Waals surface area contributed by atoms with E-state index >= 15 is 0 Å². The Morgan fingerprint density at radius 1 is 1.06 bits per heavy atom. The predicted molar refractivity (Wildman–Crippen MR) is 124 cm³/mol. The third-order valence-corrected chi connectivity index (χ3v) is 7.67. The molecule has 0 N–H and O–H groups in total. The zero-order chi connectivity index (χ0) is 21.4. The van der Waals surface area contributed by atoms with Gasteiger partial charge in [-0.2, -0.15) is 0 Å². The first-order valence-corrected chi connectivity index (χ1v) is 12.6. The molecule has 1 aromatic carbocycles. The molecule has 2 aliphatic heterocycles. The molecule has 166 valence electrons. The van der Waals surface area contributed by atoms with Gasteiger partial charge in [0.25, 0.3) is 5.91 Å². The average molecular weight is 486 g/mol. The summed E-state index contributed by atoms with van der Waals surface area (Å²) < 4.78 is 2.91. The number of rotatable bonds is 5. The number of carbonyl (C=O) groups is 1. The van der Waals surface area contributed by atoms with Crippen molar-refractivity contribution < 1.29 is 4.79 Å². The number of hydrogen-bond acceptors (Lipinski definition) is 4. The lowest BCUT2D eigenvalue weighted by molar-refractivity contribution is 0.0615. The van der Waals surface area contributed by atoms with Crippen molar-refractivity contribution in [3.8, 4) is 5.69 Å². The van der Waals surface area contributed by atoms with Gasteiger partial charge < -0.3 is 9.80 Å². The number of nitrogens with zero attached hydrogens (tertiary/aromatic N) is 5. The van der Waals surface area contributed by atoms with E-state index in [0.29, 0.717) is 17.5 Å². The van der Waals surface area contributed by atoms with E-state index in [1.807, 2.05) is 33.8 Å². The van der Waals surface area contributed by atoms with Crippen molar-refractivity contribution in [2.75, 3.05) is 32.7 Å². The molecular weight excluding hydrogens is 454 g/mol. The summed E-state index contributed by atoms with van der Waals surface area (Å²) in [5.41, 5.74) is 2.53. The van der Waals surface area contributed by atoms with Crippen molar-refractivity contribution in [3.05, 3.63) is 40.1 Å². The summed E-state index contributed by atoms with van der Waals surface area (Å²) in [6.07, 6.45) is 7.14. The monoisotopic (exact) mass is 485 g/mol. The highest BCUT2D eigenvalue weighted by Gasteiger charge is 2.37. The highest BCUT2D eigenvalue weighted by atomic mass is 79.9. The highest BCUT2D eigenvalue weighted by Crippen LogP contribution is 2.42. The second-order valence-corrected chi connectivity index (χ2v) is 10.6. The highest BCUT2D eigenvalue weighted by molar-refractivity contribution is 9.10. The standard InChI is InChI=1S/C24H32BrN5O/c1-17-10-13-28(14-11-17)15-18-3-2-12-29(16-18)24(31)22-23(19-4-5-19)30(27-26-22)21-8-6-20(25)7-9-21/h6-9,17-19H,2-5,10-16H2,1H3. The Bertz CT molecular complexity index is 915. The Morgan fingerprint density at radius 3 is 2.52 bits per heavy atom. The van der Waals surface area contributed by atoms with E-state index in [4.69, 9.17) is 0 Å². The molecule has 2 aromatic rings. The summed E-state index contributed by atoms with van der Waals surface area (Å²) in [7, 11) is 0. The predicted octanol–water partition coefficient (Wildman–Crippen LogP) is 4.49. The smallest absolute Gasteiger partial charge is 0.276 e. The van der Waals surface area contributed by atoms with Crippen LogP contribution in [0.5, 0.6) is 0 Å². The zero-order valence-corrected chi connectivity index (χ0v) is 19.9. The second-order valence-electron chi connectivity index (χ2n) is 9.73. The Kier molecular flexibility index (Phi) is 6.15. The van der Waals surface area contributed by atoms with Crippen LogP contribution in [0.25, 0.3) is 5.69 Å². The first-order valence-electron chi connectivity index (χ1n) is 11.8. The lowest BCUT2D eigenvalue weighted by atomic mass is 9.94. The maximum Gasteiger partial charge on any atom is 0.276 e. The van der Waals surface area contributed by atoms with Crippen LogP contribution < -0.4 is 0 Å². The number of carbonyl (C=O) groups excluding carboxylic acids is 1. The first kappa shape index (κ1) is 21.1. The molecular formula is C24H32BrN5O. The summed E-state index contributed by atoms with van der Waals surface area (Å²) in [5, 5.41) is 8.81. The SMILES string of the molecule is CC1CCN(CC2CCCN(C(=O)c3nnn(-c4ccc(Br)cc4)c3C3CC3)C2)CC1. The molecule has 1 amide bonds. The number of likely N-dealkylation sites (tertiary alicyclic amines) is 2. The van der Waals surface area contributed by atoms with Gasteiger partial charge >= 0.3 is 0 Å². The van der Waals surface area contributed by atoms with Gasteiger partial charge in [0.15, 0.2) is 5.69 Å². The third-order valence-electron chi connectivity index (χ3n) is 7.14. The summed E-state index contributed by atoms with van der Waals surface area (Å²) in [6.45, 7) is 7.58. The fourth-order valence-electron chi connectivity index (χ4n) is 5.10. The van der Waals surface area contributed by atoms with Gasteiger partial charge in [-0.25, -0.2) is 4.68 Å². The van der Waals surface area contributed by atoms with Crippen LogP contribution >= 0.6 is 15.9 Å². The second kappa shape index (κ2) is 9.02. The Morgan fingerprint density at radius 2 is 1.81 bits per heavy atom. The van der Waals surface area contributed by atoms with E-state index in [-0.39, 0.29) is 5.91 Å². The van der Waals surface area contributed by atoms with Crippen LogP contribution in [0.2, 0.25) is 0 Å². The Labute approximate surface area is 193 Å². The molecule has 1 unspecified atom stereocenters. The van der Waals surface area contributed by atoms with Gasteiger partial charge in [0.1, 0.15) is 0 Å². The Balaban J connectivity index is 1.31. The minimum absolute atomic E-state index is 0.0715. The molecule has 6 nitrogen and oxygen atoms in total. The van der Waals surface area contributed by atoms with Crippen LogP contribution in [0.15, 0.2) is 28.7 Å². The number of amides is 1. The fraction of sp³-hybridized carbons (Fsp3) is 0.625. The summed E-state index contributed by atoms with van der Waals surface area (Å²) in [4.78, 5) is 18.2. The van der Waals surface area contributed by atoms with Gasteiger partial charge in [-0.1, -0.05) is 28.1 Å². The largest absolute Gasteiger partial charge is 0.337 e. The molecule has 1 aromatic heterocycles. The fourth-order valence-corrected chi connectivity index (χ4v) is 5.36. The molecule has 1 atom stereocenters. The van der Waals surface area contributed by atoms with Crippen molar-refractivity contribution in [1.82, 2.24) is 24.8 Å². The molecule has 1 saturated carbocycles. The Hall–Kier alpha value is -1.73. The lowest BCUT2D eigenvalue weighted by Gasteiger charge is -2.37. The van der Waals surface area contributed by atoms with E-state index in [1.54, 1.807) is 0 Å². The minimum Gasteiger partial charge on any atom is -0.337 e. The van der Waals surface area contributed by atoms with Crippen molar-refractivity contribution >= 4 is 21.8 Å². The molecule has 5 rings (SSSR count). The quantitative estimate of drug-likeness (QED) is 0.625. The molecule has 0 spiro atoms. The van der Waals surface area contributed by atoms with Gasteiger partial charge in [0.05, 0.1) is 11.4 Å². The van der Waals surface area contributed by atoms with Crippen LogP contribution in [-0.4, -0.2) is 63.4 Å². The maximum absolute atomic E-state index is 13.5. The topological polar surface area (TPSA) is 54.3 Å². The normalized spacial score (nSPS) is 23.3. The maximum atomic E-state index is 13.5. The molecule has 1 aliphatic carbocycles. The molecule has 3 aliphatic rings. The van der Waals surface area contributed by atoms with E-state index in [0.717, 1.165) is 60.7 Å². The van der Waals surface area contributed by atoms with E-state index in [9.17, 15) is 4.79 Å². The average Bonchev–Trinajstić information content (AvgIpc) is 3.53. The summed E-state index contributed by atoms with van der Waals surface area (Å²) >= 11 is 3.49. The van der Waals surface area contributed by atoms with Crippen LogP contribution in [-0.2, 0) is 0 Å². The van der Waals surface area contributed by atoms with Crippen molar-refractivity contribution in [3.63, 3.8) is 0 Å². The summed E-state index contributed by atoms with van der Waals surface area (Å²) in [5.74, 6) is 1.89. The van der Waals surface area contributed by atoms with E-state index < -0.39 is 0 Å². The third kappa shape index (κ3) is 4.72. The molecule has 0 bridgehead atoms. The van der Waals surface area contributed by atoms with Crippen molar-refractivity contribution in [2.24, 2.45) is 11.8 Å². The molecule has 31 heavy (non-hydrogen) atoms. The lowest BCUT2D eigenvalue weighted by Crippen LogP contribution is -2.45. The minimum atomic E-state index is 0.0715. The van der Waals surface area contributed by atoms with E-state index in [1.165, 1.54) is 32.4 Å². The van der Waals surface area contributed by atoms with Gasteiger partial charge in [-0.15, -0.1) is 5.10 Å². The number of aromatic nitrogens is 3. The molecule has 2 saturated heterocycles. The number of benzene rings is 1. The van der Waals surface area contributed by atoms with Gasteiger partial charge in [0.2, 0.25) is 0 Å². The molecule has 7 heteroatoms. The number of halogens is 1. The van der Waals surface area contributed by atoms with Crippen molar-refractivity contribution in [1.29, 1.82) is 0 Å². The number of piperidine rings is 2. The van der Waals surface area contributed by atoms with Gasteiger partial charge in [-0.05, 0) is 87.7 Å². The molecule has 3 fully saturated rings. The first-order chi connectivity index (χ1) is 15.1. The van der Waals surface area contributed by atoms with E-state index in [2.05, 4.69) is 38.1 Å². The van der Waals surface area contributed by atoms with Crippen LogP contribution in [0, 0.1) is 11.8 Å². The number of hydrogen-bond donors (Lipinski definition) is 0. The van der Waals surface area contributed by atoms with Gasteiger partial charge in [0, 0.05) is 30.0 Å². The van der Waals surface area contributed by atoms with Crippen LogP contribution in [0.1, 0.15) is 67.5 Å². The van der Waals surface area contributed by atoms with Crippen LogP contribution in [0.3, 0.4) is 0 Å². The van der Waals surface area contributed by atoms with Gasteiger partial charge in [-0.3, -0.25) is 4.79 Å². The molecule has 0 radical (unpaired) electrons.